The fraction of sp³-hybridized carbons (Fsp3) is 0.296. The third-order valence-corrected chi connectivity index (χ3v) is 7.31. The van der Waals surface area contributed by atoms with Crippen LogP contribution in [0.25, 0.3) is 32.6 Å². The van der Waals surface area contributed by atoms with E-state index in [2.05, 4.69) is 20.6 Å². The number of carboxylic acids is 1. The molecule has 0 bridgehead atoms. The number of pyridine rings is 2. The van der Waals surface area contributed by atoms with Crippen LogP contribution in [0.2, 0.25) is 0 Å². The summed E-state index contributed by atoms with van der Waals surface area (Å²) >= 11 is 0.754. The van der Waals surface area contributed by atoms with Crippen LogP contribution in [0.15, 0.2) is 40.8 Å². The van der Waals surface area contributed by atoms with Gasteiger partial charge < -0.3 is 20.1 Å². The first-order chi connectivity index (χ1) is 19.4. The summed E-state index contributed by atoms with van der Waals surface area (Å²) in [6.45, 7) is 5.15. The molecule has 0 saturated heterocycles. The Hall–Kier alpha value is -4.30. The highest BCUT2D eigenvalue weighted by Gasteiger charge is 2.34. The lowest BCUT2D eigenvalue weighted by Crippen LogP contribution is -2.28. The zero-order chi connectivity index (χ0) is 30.1. The Morgan fingerprint density at radius 3 is 2.49 bits per heavy atom. The molecule has 216 valence electrons. The molecule has 3 aromatic heterocycles. The number of halogens is 3. The first-order valence-corrected chi connectivity index (χ1v) is 13.4. The zero-order valence-corrected chi connectivity index (χ0v) is 23.0. The maximum Gasteiger partial charge on any atom is 0.434 e. The number of carbonyl (C=O) groups is 2. The summed E-state index contributed by atoms with van der Waals surface area (Å²) in [6.07, 6.45) is -1.87. The maximum atomic E-state index is 13.4. The molecule has 1 unspecified atom stereocenters. The summed E-state index contributed by atoms with van der Waals surface area (Å²) < 4.78 is 41.8. The molecule has 4 aromatic rings. The molecule has 0 saturated carbocycles. The predicted molar refractivity (Wildman–Crippen MR) is 148 cm³/mol. The Kier molecular flexibility index (Phi) is 8.44. The van der Waals surface area contributed by atoms with E-state index in [1.54, 1.807) is 32.9 Å². The molecule has 41 heavy (non-hydrogen) atoms. The molecule has 3 heterocycles. The number of amides is 2. The number of benzene rings is 1. The van der Waals surface area contributed by atoms with Gasteiger partial charge in [0.1, 0.15) is 16.4 Å². The van der Waals surface area contributed by atoms with E-state index in [1.807, 2.05) is 0 Å². The number of anilines is 1. The van der Waals surface area contributed by atoms with E-state index in [0.29, 0.717) is 28.8 Å². The lowest BCUT2D eigenvalue weighted by atomic mass is 9.91. The highest BCUT2D eigenvalue weighted by atomic mass is 32.1. The molecular formula is C27H26F3N5O5S. The average molecular weight is 590 g/mol. The van der Waals surface area contributed by atoms with E-state index in [0.717, 1.165) is 16.7 Å². The van der Waals surface area contributed by atoms with Crippen molar-refractivity contribution in [3.63, 3.8) is 0 Å². The van der Waals surface area contributed by atoms with Crippen LogP contribution in [-0.2, 0) is 12.6 Å². The number of aliphatic hydroxyl groups excluding tert-OH is 1. The molecule has 0 aliphatic rings. The smallest absolute Gasteiger partial charge is 0.434 e. The third-order valence-electron chi connectivity index (χ3n) is 6.43. The Labute approximate surface area is 235 Å². The van der Waals surface area contributed by atoms with Gasteiger partial charge in [-0.15, -0.1) is 11.3 Å². The van der Waals surface area contributed by atoms with Crippen molar-refractivity contribution in [2.45, 2.75) is 39.4 Å². The molecule has 1 aromatic carbocycles. The minimum Gasteiger partial charge on any atom is -0.477 e. The number of hydrogen-bond acceptors (Lipinski definition) is 7. The summed E-state index contributed by atoms with van der Waals surface area (Å²) in [5.74, 6) is -1.38. The molecular weight excluding hydrogens is 563 g/mol. The van der Waals surface area contributed by atoms with Crippen molar-refractivity contribution in [3.8, 4) is 21.7 Å². The first kappa shape index (κ1) is 29.7. The van der Waals surface area contributed by atoms with Gasteiger partial charge in [0.15, 0.2) is 5.69 Å². The number of aromatic nitrogens is 3. The lowest BCUT2D eigenvalue weighted by Gasteiger charge is -2.21. The second-order valence-electron chi connectivity index (χ2n) is 9.09. The summed E-state index contributed by atoms with van der Waals surface area (Å²) in [5, 5.41) is 25.6. The normalized spacial score (nSPS) is 12.4. The Morgan fingerprint density at radius 2 is 1.90 bits per heavy atom. The minimum absolute atomic E-state index is 0.00132. The molecule has 2 amide bonds. The first-order valence-electron chi connectivity index (χ1n) is 12.5. The molecule has 1 atom stereocenters. The predicted octanol–water partition coefficient (Wildman–Crippen LogP) is 5.16. The number of nitrogens with zero attached hydrogens (tertiary/aromatic N) is 3. The highest BCUT2D eigenvalue weighted by molar-refractivity contribution is 7.13. The molecule has 10 nitrogen and oxygen atoms in total. The number of fused-ring (bicyclic) bond motifs is 1. The molecule has 0 radical (unpaired) electrons. The number of hydrogen-bond donors (Lipinski definition) is 4. The molecule has 4 rings (SSSR count). The molecule has 14 heteroatoms. The fourth-order valence-corrected chi connectivity index (χ4v) is 5.35. The van der Waals surface area contributed by atoms with Gasteiger partial charge in [0, 0.05) is 35.4 Å². The number of carbonyl (C=O) groups excluding carboxylic acids is 1. The number of urea groups is 1. The monoisotopic (exact) mass is 589 g/mol. The van der Waals surface area contributed by atoms with Crippen LogP contribution in [0, 0.1) is 0 Å². The van der Waals surface area contributed by atoms with E-state index in [1.165, 1.54) is 23.0 Å². The van der Waals surface area contributed by atoms with Crippen molar-refractivity contribution >= 4 is 40.1 Å². The Balaban J connectivity index is 2.04. The van der Waals surface area contributed by atoms with Crippen molar-refractivity contribution in [2.24, 2.45) is 0 Å². The van der Waals surface area contributed by atoms with Gasteiger partial charge in [-0.2, -0.15) is 13.2 Å². The van der Waals surface area contributed by atoms with Gasteiger partial charge in [-0.3, -0.25) is 10.1 Å². The lowest BCUT2D eigenvalue weighted by molar-refractivity contribution is -0.140. The number of aryl methyl sites for hydroxylation is 1. The van der Waals surface area contributed by atoms with Crippen LogP contribution < -0.4 is 16.1 Å². The molecule has 0 fully saturated rings. The summed E-state index contributed by atoms with van der Waals surface area (Å²) in [6, 6.07) is 3.54. The van der Waals surface area contributed by atoms with Crippen LogP contribution >= 0.6 is 11.3 Å². The van der Waals surface area contributed by atoms with Crippen LogP contribution in [0.3, 0.4) is 0 Å². The number of nitrogens with one attached hydrogen (secondary N) is 2. The largest absolute Gasteiger partial charge is 0.477 e. The van der Waals surface area contributed by atoms with Crippen molar-refractivity contribution in [3.05, 3.63) is 63.0 Å². The standard InChI is InChI=1S/C27H26F3N5O5S/c1-4-14-15(6-7-19-22(14)23(37)18(25(38)39)10-35(19)13(3)11-36)17-9-32-21(34-26(40)31-5-2)8-16(17)24-33-20(12-41-24)27(28,29)30/h6-10,12-13,36H,4-5,11H2,1-3H3,(H,38,39)(H2,31,32,34,40). The summed E-state index contributed by atoms with van der Waals surface area (Å²) in [4.78, 5) is 45.6. The van der Waals surface area contributed by atoms with Crippen LogP contribution in [-0.4, -0.2) is 49.9 Å². The van der Waals surface area contributed by atoms with Crippen molar-refractivity contribution in [1.29, 1.82) is 0 Å². The fourth-order valence-electron chi connectivity index (χ4n) is 4.49. The van der Waals surface area contributed by atoms with Crippen molar-refractivity contribution in [1.82, 2.24) is 19.9 Å². The number of carboxylic acid groups (broad SMARTS) is 1. The quantitative estimate of drug-likeness (QED) is 0.222. The number of alkyl halides is 3. The van der Waals surface area contributed by atoms with E-state index in [4.69, 9.17) is 0 Å². The number of aromatic carboxylic acids is 1. The maximum absolute atomic E-state index is 13.4. The van der Waals surface area contributed by atoms with Gasteiger partial charge in [0.25, 0.3) is 0 Å². The van der Waals surface area contributed by atoms with Crippen molar-refractivity contribution in [2.75, 3.05) is 18.5 Å². The Morgan fingerprint density at radius 1 is 1.17 bits per heavy atom. The van der Waals surface area contributed by atoms with Crippen LogP contribution in [0.4, 0.5) is 23.8 Å². The van der Waals surface area contributed by atoms with Gasteiger partial charge in [-0.05, 0) is 43.5 Å². The van der Waals surface area contributed by atoms with Gasteiger partial charge in [0.2, 0.25) is 5.43 Å². The van der Waals surface area contributed by atoms with E-state index < -0.39 is 40.9 Å². The van der Waals surface area contributed by atoms with Crippen molar-refractivity contribution < 1.29 is 33.0 Å². The molecule has 0 spiro atoms. The van der Waals surface area contributed by atoms with E-state index >= 15 is 0 Å². The van der Waals surface area contributed by atoms with Gasteiger partial charge in [-0.1, -0.05) is 13.0 Å². The van der Waals surface area contributed by atoms with E-state index in [-0.39, 0.29) is 34.8 Å². The summed E-state index contributed by atoms with van der Waals surface area (Å²) in [5.41, 5.74) is -0.493. The number of rotatable bonds is 8. The Bertz CT molecular complexity index is 1700. The third kappa shape index (κ3) is 5.79. The van der Waals surface area contributed by atoms with Gasteiger partial charge in [-0.25, -0.2) is 19.6 Å². The SMILES string of the molecule is CCNC(=O)Nc1cc(-c2nc(C(F)(F)F)cs2)c(-c2ccc3c(c2CC)c(=O)c(C(=O)O)cn3C(C)CO)cn1. The number of thiazole rings is 1. The van der Waals surface area contributed by atoms with Gasteiger partial charge >= 0.3 is 18.2 Å². The topological polar surface area (TPSA) is 146 Å². The average Bonchev–Trinajstić information content (AvgIpc) is 3.43. The van der Waals surface area contributed by atoms with Crippen LogP contribution in [0.1, 0.15) is 48.4 Å². The minimum atomic E-state index is -4.68. The zero-order valence-electron chi connectivity index (χ0n) is 22.2. The second-order valence-corrected chi connectivity index (χ2v) is 9.95. The molecule has 4 N–H and O–H groups in total. The summed E-state index contributed by atoms with van der Waals surface area (Å²) in [7, 11) is 0. The second kappa shape index (κ2) is 11.7. The number of aliphatic hydroxyl groups is 1. The van der Waals surface area contributed by atoms with E-state index in [9.17, 15) is 37.8 Å². The molecule has 0 aliphatic carbocycles. The van der Waals surface area contributed by atoms with Gasteiger partial charge in [0.05, 0.1) is 23.6 Å². The van der Waals surface area contributed by atoms with Crippen LogP contribution in [0.5, 0.6) is 0 Å². The highest BCUT2D eigenvalue weighted by Crippen LogP contribution is 2.40. The molecule has 0 aliphatic heterocycles.